The number of carbonyl (C=O) groups excluding carboxylic acids is 1. The van der Waals surface area contributed by atoms with Crippen molar-refractivity contribution < 1.29 is 22.7 Å². The first-order valence-corrected chi connectivity index (χ1v) is 5.91. The van der Waals surface area contributed by atoms with Crippen molar-refractivity contribution >= 4 is 5.78 Å². The minimum atomic E-state index is -4.75. The molecule has 0 bridgehead atoms. The Morgan fingerprint density at radius 2 is 2.11 bits per heavy atom. The lowest BCUT2D eigenvalue weighted by Crippen LogP contribution is -2.17. The quantitative estimate of drug-likeness (QED) is 0.811. The zero-order chi connectivity index (χ0) is 14.5. The van der Waals surface area contributed by atoms with Crippen LogP contribution in [0, 0.1) is 5.92 Å². The summed E-state index contributed by atoms with van der Waals surface area (Å²) in [5.41, 5.74) is 5.65. The van der Waals surface area contributed by atoms with Crippen LogP contribution in [-0.4, -0.2) is 18.7 Å². The van der Waals surface area contributed by atoms with Gasteiger partial charge in [-0.05, 0) is 31.0 Å². The summed E-state index contributed by atoms with van der Waals surface area (Å²) in [4.78, 5) is 11.8. The number of nitrogens with two attached hydrogens (primary N) is 1. The first kappa shape index (κ1) is 15.5. The van der Waals surface area contributed by atoms with Crippen molar-refractivity contribution in [3.63, 3.8) is 0 Å². The summed E-state index contributed by atoms with van der Waals surface area (Å²) < 4.78 is 39.9. The molecule has 106 valence electrons. The molecule has 0 saturated carbocycles. The molecule has 19 heavy (non-hydrogen) atoms. The summed E-state index contributed by atoms with van der Waals surface area (Å²) in [5.74, 6) is -0.392. The lowest BCUT2D eigenvalue weighted by molar-refractivity contribution is -0.274. The molecule has 1 atom stereocenters. The second kappa shape index (κ2) is 6.56. The van der Waals surface area contributed by atoms with E-state index in [0.29, 0.717) is 13.0 Å². The van der Waals surface area contributed by atoms with Gasteiger partial charge < -0.3 is 10.5 Å². The summed E-state index contributed by atoms with van der Waals surface area (Å²) >= 11 is 0. The highest BCUT2D eigenvalue weighted by Crippen LogP contribution is 2.24. The van der Waals surface area contributed by atoms with Crippen molar-refractivity contribution in [1.29, 1.82) is 0 Å². The molecule has 0 fully saturated rings. The van der Waals surface area contributed by atoms with Crippen LogP contribution in [0.25, 0.3) is 0 Å². The van der Waals surface area contributed by atoms with Crippen LogP contribution in [0.2, 0.25) is 0 Å². The second-order valence-corrected chi connectivity index (χ2v) is 4.38. The third-order valence-electron chi connectivity index (χ3n) is 2.66. The van der Waals surface area contributed by atoms with Crippen LogP contribution in [0.3, 0.4) is 0 Å². The molecule has 0 aromatic heterocycles. The van der Waals surface area contributed by atoms with Gasteiger partial charge in [-0.1, -0.05) is 19.1 Å². The van der Waals surface area contributed by atoms with E-state index in [-0.39, 0.29) is 29.4 Å². The number of alkyl halides is 3. The molecule has 1 unspecified atom stereocenters. The molecule has 0 spiro atoms. The minimum absolute atomic E-state index is 0.207. The second-order valence-electron chi connectivity index (χ2n) is 4.38. The number of halogens is 3. The average Bonchev–Trinajstić information content (AvgIpc) is 2.33. The zero-order valence-electron chi connectivity index (χ0n) is 10.5. The number of carbonyl (C=O) groups is 1. The molecule has 1 rings (SSSR count). The molecule has 1 aromatic rings. The van der Waals surface area contributed by atoms with Crippen LogP contribution in [0.4, 0.5) is 13.2 Å². The summed E-state index contributed by atoms with van der Waals surface area (Å²) in [5, 5.41) is 0. The fourth-order valence-corrected chi connectivity index (χ4v) is 1.51. The Morgan fingerprint density at radius 1 is 1.42 bits per heavy atom. The number of rotatable bonds is 6. The first-order chi connectivity index (χ1) is 8.81. The van der Waals surface area contributed by atoms with Gasteiger partial charge in [0.25, 0.3) is 0 Å². The van der Waals surface area contributed by atoms with Gasteiger partial charge in [0, 0.05) is 12.0 Å². The number of benzene rings is 1. The van der Waals surface area contributed by atoms with Gasteiger partial charge in [-0.3, -0.25) is 4.79 Å². The molecule has 1 aromatic carbocycles. The highest BCUT2D eigenvalue weighted by atomic mass is 19.4. The minimum Gasteiger partial charge on any atom is -0.406 e. The average molecular weight is 275 g/mol. The highest BCUT2D eigenvalue weighted by molar-refractivity contribution is 5.96. The maximum atomic E-state index is 12.1. The maximum Gasteiger partial charge on any atom is 0.573 e. The van der Waals surface area contributed by atoms with Gasteiger partial charge in [0.2, 0.25) is 0 Å². The number of hydrogen-bond donors (Lipinski definition) is 1. The molecule has 0 radical (unpaired) electrons. The van der Waals surface area contributed by atoms with E-state index in [1.807, 2.05) is 6.92 Å². The van der Waals surface area contributed by atoms with Crippen molar-refractivity contribution in [3.8, 4) is 5.75 Å². The lowest BCUT2D eigenvalue weighted by atomic mass is 10.00. The Hall–Kier alpha value is -1.56. The van der Waals surface area contributed by atoms with Gasteiger partial charge in [0.1, 0.15) is 5.75 Å². The van der Waals surface area contributed by atoms with E-state index < -0.39 is 6.36 Å². The number of hydrogen-bond acceptors (Lipinski definition) is 3. The lowest BCUT2D eigenvalue weighted by Gasteiger charge is -2.10. The Balaban J connectivity index is 2.68. The van der Waals surface area contributed by atoms with E-state index in [1.165, 1.54) is 12.1 Å². The molecular weight excluding hydrogens is 259 g/mol. The van der Waals surface area contributed by atoms with Crippen molar-refractivity contribution in [1.82, 2.24) is 0 Å². The van der Waals surface area contributed by atoms with Gasteiger partial charge in [-0.25, -0.2) is 0 Å². The van der Waals surface area contributed by atoms with E-state index in [2.05, 4.69) is 4.74 Å². The predicted octanol–water partition coefficient (Wildman–Crippen LogP) is 3.14. The van der Waals surface area contributed by atoms with E-state index >= 15 is 0 Å². The summed E-state index contributed by atoms with van der Waals surface area (Å²) in [6.45, 7) is 2.39. The first-order valence-electron chi connectivity index (χ1n) is 5.91. The van der Waals surface area contributed by atoms with Crippen LogP contribution in [0.15, 0.2) is 24.3 Å². The topological polar surface area (TPSA) is 52.3 Å². The third-order valence-corrected chi connectivity index (χ3v) is 2.66. The SMILES string of the molecule is CC(CN)CCC(=O)c1cccc(OC(F)(F)F)c1. The van der Waals surface area contributed by atoms with Gasteiger partial charge in [-0.15, -0.1) is 13.2 Å². The molecule has 3 nitrogen and oxygen atoms in total. The van der Waals surface area contributed by atoms with Crippen molar-refractivity contribution in [3.05, 3.63) is 29.8 Å². The number of Topliss-reactive ketones (excluding diaryl/α,β-unsaturated/α-hetero) is 1. The Morgan fingerprint density at radius 3 is 2.68 bits per heavy atom. The number of ketones is 1. The van der Waals surface area contributed by atoms with Crippen molar-refractivity contribution in [2.75, 3.05) is 6.54 Å². The van der Waals surface area contributed by atoms with Gasteiger partial charge in [0.05, 0.1) is 0 Å². The van der Waals surface area contributed by atoms with Gasteiger partial charge in [-0.2, -0.15) is 0 Å². The molecule has 0 aliphatic rings. The van der Waals surface area contributed by atoms with Crippen LogP contribution in [-0.2, 0) is 0 Å². The van der Waals surface area contributed by atoms with Crippen LogP contribution < -0.4 is 10.5 Å². The van der Waals surface area contributed by atoms with E-state index in [9.17, 15) is 18.0 Å². The molecular formula is C13H16F3NO2. The molecule has 0 aliphatic heterocycles. The van der Waals surface area contributed by atoms with Crippen LogP contribution in [0.1, 0.15) is 30.1 Å². The largest absolute Gasteiger partial charge is 0.573 e. The monoisotopic (exact) mass is 275 g/mol. The molecule has 0 amide bonds. The van der Waals surface area contributed by atoms with Crippen molar-refractivity contribution in [2.24, 2.45) is 11.7 Å². The zero-order valence-corrected chi connectivity index (χ0v) is 10.5. The summed E-state index contributed by atoms with van der Waals surface area (Å²) in [6, 6.07) is 5.09. The Labute approximate surface area is 109 Å². The molecule has 0 heterocycles. The van der Waals surface area contributed by atoms with E-state index in [4.69, 9.17) is 5.73 Å². The molecule has 0 saturated heterocycles. The molecule has 0 aliphatic carbocycles. The highest BCUT2D eigenvalue weighted by Gasteiger charge is 2.31. The summed E-state index contributed by atoms with van der Waals surface area (Å²) in [7, 11) is 0. The Kier molecular flexibility index (Phi) is 5.35. The Bertz CT molecular complexity index is 432. The smallest absolute Gasteiger partial charge is 0.406 e. The fourth-order valence-electron chi connectivity index (χ4n) is 1.51. The standard InChI is InChI=1S/C13H16F3NO2/c1-9(8-17)5-6-12(18)10-3-2-4-11(7-10)19-13(14,15)16/h2-4,7,9H,5-6,8,17H2,1H3. The van der Waals surface area contributed by atoms with Crippen LogP contribution in [0.5, 0.6) is 5.75 Å². The third kappa shape index (κ3) is 5.74. The van der Waals surface area contributed by atoms with Crippen LogP contribution >= 0.6 is 0 Å². The summed E-state index contributed by atoms with van der Waals surface area (Å²) in [6.07, 6.45) is -3.89. The molecule has 2 N–H and O–H groups in total. The van der Waals surface area contributed by atoms with E-state index in [1.54, 1.807) is 0 Å². The fraction of sp³-hybridized carbons (Fsp3) is 0.462. The van der Waals surface area contributed by atoms with Gasteiger partial charge >= 0.3 is 6.36 Å². The van der Waals surface area contributed by atoms with E-state index in [0.717, 1.165) is 12.1 Å². The maximum absolute atomic E-state index is 12.1. The normalized spacial score (nSPS) is 13.1. The van der Waals surface area contributed by atoms with Gasteiger partial charge in [0.15, 0.2) is 5.78 Å². The molecule has 6 heteroatoms. The number of ether oxygens (including phenoxy) is 1. The van der Waals surface area contributed by atoms with Crippen molar-refractivity contribution in [2.45, 2.75) is 26.1 Å². The predicted molar refractivity (Wildman–Crippen MR) is 64.9 cm³/mol.